The Labute approximate surface area is 183 Å². The summed E-state index contributed by atoms with van der Waals surface area (Å²) in [6.45, 7) is 0. The fourth-order valence-corrected chi connectivity index (χ4v) is 3.69. The van der Waals surface area contributed by atoms with Crippen molar-refractivity contribution in [2.24, 2.45) is 11.5 Å². The molecule has 0 aliphatic rings. The molecule has 0 aliphatic heterocycles. The normalized spacial score (nSPS) is 13.2. The van der Waals surface area contributed by atoms with Crippen molar-refractivity contribution in [1.29, 1.82) is 0 Å². The van der Waals surface area contributed by atoms with Crippen molar-refractivity contribution in [3.05, 3.63) is 132 Å². The molecule has 0 saturated heterocycles. The van der Waals surface area contributed by atoms with Crippen molar-refractivity contribution < 1.29 is 9.47 Å². The van der Waals surface area contributed by atoms with E-state index in [0.717, 1.165) is 11.1 Å². The molecule has 4 N–H and O–H groups in total. The Morgan fingerprint density at radius 1 is 0.516 bits per heavy atom. The average molecular weight is 411 g/mol. The highest BCUT2D eigenvalue weighted by Crippen LogP contribution is 2.39. The molecule has 1 atom stereocenters. The van der Waals surface area contributed by atoms with E-state index in [1.807, 2.05) is 121 Å². The quantitative estimate of drug-likeness (QED) is 0.407. The lowest BCUT2D eigenvalue weighted by Crippen LogP contribution is -2.71. The number of hydrogen-bond donors (Lipinski definition) is 2. The molecule has 1 unspecified atom stereocenters. The number of hydrogen-bond acceptors (Lipinski definition) is 4. The first kappa shape index (κ1) is 20.7. The van der Waals surface area contributed by atoms with E-state index in [1.54, 1.807) is 0 Å². The molecule has 156 valence electrons. The first-order valence-corrected chi connectivity index (χ1v) is 10.2. The summed E-state index contributed by atoms with van der Waals surface area (Å²) in [6, 6.07) is 38.7. The predicted molar refractivity (Wildman–Crippen MR) is 124 cm³/mol. The van der Waals surface area contributed by atoms with Gasteiger partial charge in [-0.15, -0.1) is 0 Å². The highest BCUT2D eigenvalue weighted by molar-refractivity contribution is 5.35. The summed E-state index contributed by atoms with van der Waals surface area (Å²) >= 11 is 0. The fraction of sp³-hybridized carbons (Fsp3) is 0.111. The van der Waals surface area contributed by atoms with Crippen LogP contribution in [0.3, 0.4) is 0 Å². The summed E-state index contributed by atoms with van der Waals surface area (Å²) in [5.74, 6) is -0.474. The fourth-order valence-electron chi connectivity index (χ4n) is 3.69. The molecule has 4 nitrogen and oxygen atoms in total. The highest BCUT2D eigenvalue weighted by atomic mass is 16.6. The lowest BCUT2D eigenvalue weighted by atomic mass is 9.82. The number of ether oxygens (including phenoxy) is 2. The van der Waals surface area contributed by atoms with Gasteiger partial charge < -0.3 is 9.47 Å². The van der Waals surface area contributed by atoms with E-state index in [2.05, 4.69) is 0 Å². The van der Waals surface area contributed by atoms with Gasteiger partial charge in [0.25, 0.3) is 5.85 Å². The van der Waals surface area contributed by atoms with E-state index in [-0.39, 0.29) is 0 Å². The maximum atomic E-state index is 6.79. The van der Waals surface area contributed by atoms with Crippen molar-refractivity contribution >= 4 is 0 Å². The summed E-state index contributed by atoms with van der Waals surface area (Å²) < 4.78 is 12.9. The van der Waals surface area contributed by atoms with E-state index in [1.165, 1.54) is 0 Å². The monoisotopic (exact) mass is 410 g/mol. The molecule has 31 heavy (non-hydrogen) atoms. The summed E-state index contributed by atoms with van der Waals surface area (Å²) in [7, 11) is 0. The second kappa shape index (κ2) is 9.04. The van der Waals surface area contributed by atoms with E-state index >= 15 is 0 Å². The zero-order valence-electron chi connectivity index (χ0n) is 17.2. The molecule has 0 aromatic heterocycles. The van der Waals surface area contributed by atoms with Gasteiger partial charge in [-0.3, -0.25) is 11.5 Å². The molecule has 0 heterocycles. The van der Waals surface area contributed by atoms with E-state index in [4.69, 9.17) is 20.9 Å². The summed E-state index contributed by atoms with van der Waals surface area (Å²) in [4.78, 5) is 0. The molecular formula is C27H26N2O2. The van der Waals surface area contributed by atoms with Crippen LogP contribution in [0.5, 0.6) is 11.5 Å². The van der Waals surface area contributed by atoms with E-state index in [0.29, 0.717) is 17.9 Å². The molecular weight excluding hydrogens is 384 g/mol. The van der Waals surface area contributed by atoms with Crippen molar-refractivity contribution in [3.8, 4) is 11.5 Å². The number of rotatable bonds is 8. The van der Waals surface area contributed by atoms with Gasteiger partial charge in [0, 0.05) is 12.0 Å². The molecule has 4 aromatic rings. The Hall–Kier alpha value is -3.60. The topological polar surface area (TPSA) is 70.5 Å². The first-order chi connectivity index (χ1) is 15.1. The minimum absolute atomic E-state index is 0.409. The van der Waals surface area contributed by atoms with Crippen molar-refractivity contribution in [3.63, 3.8) is 0 Å². The van der Waals surface area contributed by atoms with E-state index < -0.39 is 11.4 Å². The first-order valence-electron chi connectivity index (χ1n) is 10.2. The van der Waals surface area contributed by atoms with Gasteiger partial charge in [0.1, 0.15) is 11.5 Å². The Morgan fingerprint density at radius 3 is 1.45 bits per heavy atom. The summed E-state index contributed by atoms with van der Waals surface area (Å²) in [5, 5.41) is 0. The molecule has 4 heteroatoms. The van der Waals surface area contributed by atoms with Crippen LogP contribution in [0.4, 0.5) is 0 Å². The number of benzene rings is 4. The minimum Gasteiger partial charge on any atom is -0.475 e. The van der Waals surface area contributed by atoms with Crippen molar-refractivity contribution in [2.45, 2.75) is 17.9 Å². The largest absolute Gasteiger partial charge is 0.475 e. The maximum absolute atomic E-state index is 6.79. The lowest BCUT2D eigenvalue weighted by molar-refractivity contribution is -0.118. The van der Waals surface area contributed by atoms with E-state index in [9.17, 15) is 0 Å². The van der Waals surface area contributed by atoms with Gasteiger partial charge in [0.2, 0.25) is 5.60 Å². The van der Waals surface area contributed by atoms with Crippen LogP contribution >= 0.6 is 0 Å². The molecule has 0 amide bonds. The van der Waals surface area contributed by atoms with Crippen LogP contribution in [-0.4, -0.2) is 5.85 Å². The van der Waals surface area contributed by atoms with Gasteiger partial charge in [-0.2, -0.15) is 0 Å². The second-order valence-electron chi connectivity index (χ2n) is 7.48. The smallest absolute Gasteiger partial charge is 0.257 e. The van der Waals surface area contributed by atoms with Crippen LogP contribution < -0.4 is 20.9 Å². The van der Waals surface area contributed by atoms with Crippen LogP contribution in [0.1, 0.15) is 11.1 Å². The standard InChI is InChI=1S/C27H26N2O2/c28-27(29,31-25-19-11-4-12-20-25)26(23-15-7-2-8-16-23,21-22-13-5-1-6-14-22)30-24-17-9-3-10-18-24/h1-20H,21,28-29H2. The zero-order valence-corrected chi connectivity index (χ0v) is 17.2. The molecule has 0 aliphatic carbocycles. The molecule has 0 radical (unpaired) electrons. The third kappa shape index (κ3) is 4.61. The van der Waals surface area contributed by atoms with Crippen LogP contribution in [-0.2, 0) is 12.0 Å². The van der Waals surface area contributed by atoms with Gasteiger partial charge in [0.15, 0.2) is 0 Å². The SMILES string of the molecule is NC(N)(Oc1ccccc1)C(Cc1ccccc1)(Oc1ccccc1)c1ccccc1. The van der Waals surface area contributed by atoms with Gasteiger partial charge >= 0.3 is 0 Å². The van der Waals surface area contributed by atoms with Crippen molar-refractivity contribution in [2.75, 3.05) is 0 Å². The molecule has 0 bridgehead atoms. The van der Waals surface area contributed by atoms with Gasteiger partial charge in [-0.25, -0.2) is 0 Å². The second-order valence-corrected chi connectivity index (χ2v) is 7.48. The van der Waals surface area contributed by atoms with Crippen LogP contribution in [0.25, 0.3) is 0 Å². The summed E-state index contributed by atoms with van der Waals surface area (Å²) in [6.07, 6.45) is 0.409. The molecule has 4 aromatic carbocycles. The van der Waals surface area contributed by atoms with Crippen LogP contribution in [0, 0.1) is 0 Å². The zero-order chi connectivity index (χ0) is 21.6. The van der Waals surface area contributed by atoms with Crippen LogP contribution in [0.15, 0.2) is 121 Å². The Morgan fingerprint density at radius 2 is 0.935 bits per heavy atom. The summed E-state index contributed by atoms with van der Waals surface area (Å²) in [5.41, 5.74) is 14.2. The number of para-hydroxylation sites is 2. The lowest BCUT2D eigenvalue weighted by Gasteiger charge is -2.45. The maximum Gasteiger partial charge on any atom is 0.257 e. The Kier molecular flexibility index (Phi) is 6.03. The van der Waals surface area contributed by atoms with Gasteiger partial charge in [-0.1, -0.05) is 97.1 Å². The third-order valence-corrected chi connectivity index (χ3v) is 5.23. The van der Waals surface area contributed by atoms with Crippen LogP contribution in [0.2, 0.25) is 0 Å². The molecule has 0 fully saturated rings. The van der Waals surface area contributed by atoms with Crippen molar-refractivity contribution in [1.82, 2.24) is 0 Å². The molecule has 0 saturated carbocycles. The number of nitrogens with two attached hydrogens (primary N) is 2. The minimum atomic E-state index is -1.69. The van der Waals surface area contributed by atoms with Gasteiger partial charge in [-0.05, 0) is 29.8 Å². The highest BCUT2D eigenvalue weighted by Gasteiger charge is 2.53. The average Bonchev–Trinajstić information content (AvgIpc) is 2.81. The Bertz CT molecular complexity index is 1030. The van der Waals surface area contributed by atoms with Gasteiger partial charge in [0.05, 0.1) is 0 Å². The Balaban J connectivity index is 1.87. The molecule has 0 spiro atoms. The predicted octanol–water partition coefficient (Wildman–Crippen LogP) is 4.85. The third-order valence-electron chi connectivity index (χ3n) is 5.23. The molecule has 4 rings (SSSR count).